The highest BCUT2D eigenvalue weighted by molar-refractivity contribution is 7.18. The van der Waals surface area contributed by atoms with Crippen LogP contribution in [0.4, 0.5) is 5.00 Å². The average molecular weight is 225 g/mol. The fourth-order valence-corrected chi connectivity index (χ4v) is 1.94. The minimum absolute atomic E-state index is 0.0127. The molecule has 2 N–H and O–H groups in total. The number of nitrogens with one attached hydrogen (secondary N) is 1. The van der Waals surface area contributed by atoms with Crippen LogP contribution >= 0.6 is 11.3 Å². The molecule has 5 heteroatoms. The van der Waals surface area contributed by atoms with Crippen molar-refractivity contribution >= 4 is 28.2 Å². The Morgan fingerprint density at radius 1 is 1.47 bits per heavy atom. The molecule has 0 aromatic carbocycles. The Balaban J connectivity index is 2.05. The largest absolute Gasteiger partial charge is 0.477 e. The Morgan fingerprint density at radius 3 is 2.60 bits per heavy atom. The van der Waals surface area contributed by atoms with E-state index in [1.807, 2.05) is 6.92 Å². The quantitative estimate of drug-likeness (QED) is 0.828. The summed E-state index contributed by atoms with van der Waals surface area (Å²) in [5.41, 5.74) is -0.229. The van der Waals surface area contributed by atoms with Crippen molar-refractivity contribution in [2.75, 3.05) is 5.32 Å². The Labute approximate surface area is 90.9 Å². The van der Waals surface area contributed by atoms with Gasteiger partial charge in [-0.25, -0.2) is 4.79 Å². The number of rotatable bonds is 3. The molecule has 80 valence electrons. The van der Waals surface area contributed by atoms with Crippen LogP contribution in [-0.2, 0) is 4.79 Å². The Kier molecular flexibility index (Phi) is 2.26. The SMILES string of the molecule is CC1(C(=O)Nc2ccc(C(=O)O)s2)CC1. The number of amides is 1. The molecule has 0 bridgehead atoms. The van der Waals surface area contributed by atoms with Gasteiger partial charge in [0, 0.05) is 5.41 Å². The Morgan fingerprint density at radius 2 is 2.13 bits per heavy atom. The number of aromatic carboxylic acids is 1. The molecular weight excluding hydrogens is 214 g/mol. The molecule has 0 spiro atoms. The summed E-state index contributed by atoms with van der Waals surface area (Å²) in [6.07, 6.45) is 1.83. The summed E-state index contributed by atoms with van der Waals surface area (Å²) >= 11 is 1.08. The highest BCUT2D eigenvalue weighted by Gasteiger charge is 2.44. The number of carboxylic acid groups (broad SMARTS) is 1. The van der Waals surface area contributed by atoms with Crippen molar-refractivity contribution in [3.63, 3.8) is 0 Å². The molecule has 0 radical (unpaired) electrons. The van der Waals surface area contributed by atoms with Gasteiger partial charge in [-0.2, -0.15) is 0 Å². The van der Waals surface area contributed by atoms with Crippen LogP contribution in [0.2, 0.25) is 0 Å². The van der Waals surface area contributed by atoms with Gasteiger partial charge < -0.3 is 10.4 Å². The molecular formula is C10H11NO3S. The first kappa shape index (κ1) is 10.2. The molecule has 0 atom stereocenters. The average Bonchev–Trinajstić information content (AvgIpc) is 2.76. The van der Waals surface area contributed by atoms with Crippen LogP contribution in [0.3, 0.4) is 0 Å². The zero-order valence-corrected chi connectivity index (χ0v) is 9.06. The molecule has 15 heavy (non-hydrogen) atoms. The van der Waals surface area contributed by atoms with E-state index in [4.69, 9.17) is 5.11 Å². The molecule has 0 aliphatic heterocycles. The van der Waals surface area contributed by atoms with Gasteiger partial charge >= 0.3 is 5.97 Å². The molecule has 0 saturated heterocycles. The molecule has 1 aromatic heterocycles. The summed E-state index contributed by atoms with van der Waals surface area (Å²) in [6.45, 7) is 1.91. The molecule has 2 rings (SSSR count). The standard InChI is InChI=1S/C10H11NO3S/c1-10(4-5-10)9(14)11-7-3-2-6(15-7)8(12)13/h2-3H,4-5H2,1H3,(H,11,14)(H,12,13). The normalized spacial score (nSPS) is 17.1. The van der Waals surface area contributed by atoms with Gasteiger partial charge in [-0.3, -0.25) is 4.79 Å². The number of carbonyl (C=O) groups is 2. The zero-order valence-electron chi connectivity index (χ0n) is 8.24. The molecule has 1 amide bonds. The third-order valence-corrected chi connectivity index (χ3v) is 3.59. The summed E-state index contributed by atoms with van der Waals surface area (Å²) < 4.78 is 0. The first-order valence-electron chi connectivity index (χ1n) is 4.66. The second kappa shape index (κ2) is 3.34. The first-order chi connectivity index (χ1) is 7.01. The molecule has 1 saturated carbocycles. The van der Waals surface area contributed by atoms with Crippen molar-refractivity contribution in [1.29, 1.82) is 0 Å². The number of carbonyl (C=O) groups excluding carboxylic acids is 1. The lowest BCUT2D eigenvalue weighted by atomic mass is 10.1. The summed E-state index contributed by atoms with van der Waals surface area (Å²) in [7, 11) is 0. The van der Waals surface area contributed by atoms with Crippen LogP contribution in [0.1, 0.15) is 29.4 Å². The smallest absolute Gasteiger partial charge is 0.345 e. The van der Waals surface area contributed by atoms with Crippen LogP contribution in [0.5, 0.6) is 0 Å². The second-order valence-electron chi connectivity index (χ2n) is 3.98. The molecule has 1 aliphatic rings. The van der Waals surface area contributed by atoms with Gasteiger partial charge in [0.25, 0.3) is 0 Å². The maximum absolute atomic E-state index is 11.6. The minimum Gasteiger partial charge on any atom is -0.477 e. The number of carboxylic acids is 1. The lowest BCUT2D eigenvalue weighted by Crippen LogP contribution is -2.20. The van der Waals surface area contributed by atoms with E-state index in [0.717, 1.165) is 24.2 Å². The molecule has 0 unspecified atom stereocenters. The molecule has 1 aromatic rings. The van der Waals surface area contributed by atoms with Crippen LogP contribution in [0.25, 0.3) is 0 Å². The predicted octanol–water partition coefficient (Wildman–Crippen LogP) is 2.18. The molecule has 1 aliphatic carbocycles. The van der Waals surface area contributed by atoms with E-state index in [2.05, 4.69) is 5.32 Å². The van der Waals surface area contributed by atoms with Gasteiger partial charge in [-0.1, -0.05) is 6.92 Å². The zero-order chi connectivity index (χ0) is 11.1. The van der Waals surface area contributed by atoms with Gasteiger partial charge in [0.15, 0.2) is 0 Å². The maximum atomic E-state index is 11.6. The topological polar surface area (TPSA) is 66.4 Å². The van der Waals surface area contributed by atoms with Crippen molar-refractivity contribution in [3.8, 4) is 0 Å². The van der Waals surface area contributed by atoms with E-state index in [1.165, 1.54) is 6.07 Å². The van der Waals surface area contributed by atoms with E-state index in [0.29, 0.717) is 5.00 Å². The van der Waals surface area contributed by atoms with Crippen LogP contribution in [-0.4, -0.2) is 17.0 Å². The third-order valence-electron chi connectivity index (χ3n) is 2.60. The summed E-state index contributed by atoms with van der Waals surface area (Å²) in [5, 5.41) is 12.0. The van der Waals surface area contributed by atoms with Crippen LogP contribution in [0, 0.1) is 5.41 Å². The van der Waals surface area contributed by atoms with E-state index in [1.54, 1.807) is 6.07 Å². The number of hydrogen-bond donors (Lipinski definition) is 2. The van der Waals surface area contributed by atoms with E-state index in [-0.39, 0.29) is 16.2 Å². The number of anilines is 1. The number of thiophene rings is 1. The minimum atomic E-state index is -0.960. The van der Waals surface area contributed by atoms with Gasteiger partial charge in [0.05, 0.1) is 5.00 Å². The van der Waals surface area contributed by atoms with Gasteiger partial charge in [0.2, 0.25) is 5.91 Å². The van der Waals surface area contributed by atoms with E-state index < -0.39 is 5.97 Å². The Bertz CT molecular complexity index is 420. The molecule has 4 nitrogen and oxygen atoms in total. The summed E-state index contributed by atoms with van der Waals surface area (Å²) in [6, 6.07) is 3.12. The summed E-state index contributed by atoms with van der Waals surface area (Å²) in [4.78, 5) is 22.5. The third kappa shape index (κ3) is 2.02. The fraction of sp³-hybridized carbons (Fsp3) is 0.400. The fourth-order valence-electron chi connectivity index (χ4n) is 1.20. The lowest BCUT2D eigenvalue weighted by molar-refractivity contribution is -0.120. The maximum Gasteiger partial charge on any atom is 0.345 e. The van der Waals surface area contributed by atoms with Crippen LogP contribution < -0.4 is 5.32 Å². The predicted molar refractivity (Wildman–Crippen MR) is 57.2 cm³/mol. The highest BCUT2D eigenvalue weighted by atomic mass is 32.1. The van der Waals surface area contributed by atoms with Crippen molar-refractivity contribution in [1.82, 2.24) is 0 Å². The monoisotopic (exact) mass is 225 g/mol. The van der Waals surface area contributed by atoms with Crippen molar-refractivity contribution < 1.29 is 14.7 Å². The van der Waals surface area contributed by atoms with Gasteiger partial charge in [-0.15, -0.1) is 11.3 Å². The van der Waals surface area contributed by atoms with Crippen molar-refractivity contribution in [3.05, 3.63) is 17.0 Å². The van der Waals surface area contributed by atoms with Crippen molar-refractivity contribution in [2.45, 2.75) is 19.8 Å². The second-order valence-corrected chi connectivity index (χ2v) is 5.07. The van der Waals surface area contributed by atoms with E-state index in [9.17, 15) is 9.59 Å². The Hall–Kier alpha value is -1.36. The van der Waals surface area contributed by atoms with Gasteiger partial charge in [0.1, 0.15) is 4.88 Å². The number of hydrogen-bond acceptors (Lipinski definition) is 3. The van der Waals surface area contributed by atoms with Gasteiger partial charge in [-0.05, 0) is 25.0 Å². The lowest BCUT2D eigenvalue weighted by Gasteiger charge is -2.07. The summed E-state index contributed by atoms with van der Waals surface area (Å²) in [5.74, 6) is -0.973. The molecule has 1 heterocycles. The van der Waals surface area contributed by atoms with Crippen LogP contribution in [0.15, 0.2) is 12.1 Å². The molecule has 1 fully saturated rings. The highest BCUT2D eigenvalue weighted by Crippen LogP contribution is 2.46. The van der Waals surface area contributed by atoms with E-state index >= 15 is 0 Å². The van der Waals surface area contributed by atoms with Crippen molar-refractivity contribution in [2.24, 2.45) is 5.41 Å². The first-order valence-corrected chi connectivity index (χ1v) is 5.47.